The first-order valence-electron chi connectivity index (χ1n) is 9.29. The molecule has 0 spiro atoms. The molecule has 0 radical (unpaired) electrons. The summed E-state index contributed by atoms with van der Waals surface area (Å²) < 4.78 is 31.2. The van der Waals surface area contributed by atoms with Crippen molar-refractivity contribution in [1.82, 2.24) is 5.32 Å². The Bertz CT molecular complexity index is 865. The van der Waals surface area contributed by atoms with E-state index in [4.69, 9.17) is 4.74 Å². The van der Waals surface area contributed by atoms with Gasteiger partial charge in [0.1, 0.15) is 12.3 Å². The van der Waals surface area contributed by atoms with E-state index in [1.165, 1.54) is 0 Å². The summed E-state index contributed by atoms with van der Waals surface area (Å²) in [6.45, 7) is 5.52. The average Bonchev–Trinajstić information content (AvgIpc) is 2.64. The normalized spacial score (nSPS) is 12.5. The second-order valence-electron chi connectivity index (χ2n) is 6.87. The van der Waals surface area contributed by atoms with Crippen LogP contribution in [0.1, 0.15) is 38.8 Å². The first-order valence-corrected chi connectivity index (χ1v) is 11.1. The number of nitrogens with zero attached hydrogens (tertiary/aromatic N) is 1. The molecule has 0 saturated heterocycles. The highest BCUT2D eigenvalue weighted by Gasteiger charge is 2.22. The molecule has 0 fully saturated rings. The highest BCUT2D eigenvalue weighted by molar-refractivity contribution is 7.92. The Balaban J connectivity index is 2.15. The van der Waals surface area contributed by atoms with Crippen LogP contribution in [0.4, 0.5) is 5.69 Å². The molecule has 0 aliphatic heterocycles. The van der Waals surface area contributed by atoms with Gasteiger partial charge >= 0.3 is 0 Å². The molecule has 6 nitrogen and oxygen atoms in total. The van der Waals surface area contributed by atoms with Crippen LogP contribution >= 0.6 is 0 Å². The molecule has 152 valence electrons. The number of rotatable bonds is 9. The fourth-order valence-electron chi connectivity index (χ4n) is 2.84. The smallest absolute Gasteiger partial charge is 0.241 e. The molecule has 0 saturated carbocycles. The summed E-state index contributed by atoms with van der Waals surface area (Å²) in [5.74, 6) is 0.287. The quantitative estimate of drug-likeness (QED) is 0.694. The zero-order chi connectivity index (χ0) is 20.7. The largest absolute Gasteiger partial charge is 0.491 e. The Labute approximate surface area is 167 Å². The number of hydrogen-bond acceptors (Lipinski definition) is 4. The second-order valence-corrected chi connectivity index (χ2v) is 8.78. The molecule has 1 atom stereocenters. The van der Waals surface area contributed by atoms with E-state index in [1.54, 1.807) is 24.3 Å². The van der Waals surface area contributed by atoms with E-state index in [0.717, 1.165) is 16.1 Å². The van der Waals surface area contributed by atoms with Gasteiger partial charge in [-0.2, -0.15) is 0 Å². The third-order valence-electron chi connectivity index (χ3n) is 4.13. The maximum Gasteiger partial charge on any atom is 0.241 e. The molecule has 2 aromatic rings. The number of nitrogens with one attached hydrogen (secondary N) is 1. The van der Waals surface area contributed by atoms with Crippen molar-refractivity contribution in [3.63, 3.8) is 0 Å². The molecule has 0 aliphatic rings. The van der Waals surface area contributed by atoms with Crippen LogP contribution in [0, 0.1) is 0 Å². The summed E-state index contributed by atoms with van der Waals surface area (Å²) in [7, 11) is -3.62. The number of hydrogen-bond donors (Lipinski definition) is 1. The highest BCUT2D eigenvalue weighted by atomic mass is 32.2. The lowest BCUT2D eigenvalue weighted by Gasteiger charge is -2.24. The maximum atomic E-state index is 12.6. The van der Waals surface area contributed by atoms with Crippen molar-refractivity contribution in [2.24, 2.45) is 0 Å². The van der Waals surface area contributed by atoms with Crippen LogP contribution in [-0.2, 0) is 14.8 Å². The number of carbonyl (C=O) groups excluding carboxylic acids is 1. The van der Waals surface area contributed by atoms with Crippen LogP contribution in [0.5, 0.6) is 5.75 Å². The summed E-state index contributed by atoms with van der Waals surface area (Å²) in [5.41, 5.74) is 1.40. The zero-order valence-corrected chi connectivity index (χ0v) is 17.6. The van der Waals surface area contributed by atoms with Crippen LogP contribution in [0.2, 0.25) is 0 Å². The number of carbonyl (C=O) groups is 1. The van der Waals surface area contributed by atoms with Gasteiger partial charge in [0, 0.05) is 0 Å². The zero-order valence-electron chi connectivity index (χ0n) is 16.8. The van der Waals surface area contributed by atoms with E-state index in [1.807, 2.05) is 51.1 Å². The lowest BCUT2D eigenvalue weighted by atomic mass is 10.0. The Hall–Kier alpha value is -2.54. The average molecular weight is 405 g/mol. The molecule has 1 unspecified atom stereocenters. The summed E-state index contributed by atoms with van der Waals surface area (Å²) in [6.07, 6.45) is 1.81. The van der Waals surface area contributed by atoms with E-state index < -0.39 is 10.0 Å². The fourth-order valence-corrected chi connectivity index (χ4v) is 3.70. The van der Waals surface area contributed by atoms with Gasteiger partial charge in [-0.1, -0.05) is 37.3 Å². The minimum absolute atomic E-state index is 0.0200. The summed E-state index contributed by atoms with van der Waals surface area (Å²) in [6, 6.07) is 16.1. The number of amides is 1. The van der Waals surface area contributed by atoms with Gasteiger partial charge in [0.05, 0.1) is 24.1 Å². The van der Waals surface area contributed by atoms with Gasteiger partial charge in [0.25, 0.3) is 0 Å². The van der Waals surface area contributed by atoms with Crippen molar-refractivity contribution in [3.8, 4) is 5.75 Å². The molecule has 0 aromatic heterocycles. The molecule has 1 N–H and O–H groups in total. The van der Waals surface area contributed by atoms with Crippen LogP contribution < -0.4 is 14.4 Å². The summed E-state index contributed by atoms with van der Waals surface area (Å²) >= 11 is 0. The molecule has 1 amide bonds. The fraction of sp³-hybridized carbons (Fsp3) is 0.381. The van der Waals surface area contributed by atoms with Gasteiger partial charge in [-0.25, -0.2) is 8.42 Å². The number of benzene rings is 2. The monoisotopic (exact) mass is 404 g/mol. The van der Waals surface area contributed by atoms with Crippen LogP contribution in [-0.4, -0.2) is 33.2 Å². The van der Waals surface area contributed by atoms with Crippen LogP contribution in [0.15, 0.2) is 54.6 Å². The Morgan fingerprint density at radius 2 is 1.68 bits per heavy atom. The van der Waals surface area contributed by atoms with Crippen molar-refractivity contribution in [3.05, 3.63) is 60.2 Å². The molecule has 0 bridgehead atoms. The van der Waals surface area contributed by atoms with Gasteiger partial charge in [0.2, 0.25) is 15.9 Å². The molecule has 2 aromatic carbocycles. The van der Waals surface area contributed by atoms with E-state index >= 15 is 0 Å². The topological polar surface area (TPSA) is 75.7 Å². The van der Waals surface area contributed by atoms with E-state index in [2.05, 4.69) is 5.32 Å². The Morgan fingerprint density at radius 1 is 1.07 bits per heavy atom. The number of anilines is 1. The lowest BCUT2D eigenvalue weighted by Crippen LogP contribution is -2.41. The lowest BCUT2D eigenvalue weighted by molar-refractivity contribution is -0.120. The molecule has 0 heterocycles. The minimum Gasteiger partial charge on any atom is -0.491 e. The van der Waals surface area contributed by atoms with Gasteiger partial charge in [0.15, 0.2) is 0 Å². The molecule has 2 rings (SSSR count). The van der Waals surface area contributed by atoms with Crippen LogP contribution in [0.25, 0.3) is 0 Å². The summed E-state index contributed by atoms with van der Waals surface area (Å²) in [4.78, 5) is 12.6. The van der Waals surface area contributed by atoms with E-state index in [0.29, 0.717) is 17.9 Å². The first kappa shape index (κ1) is 21.8. The first-order chi connectivity index (χ1) is 13.2. The van der Waals surface area contributed by atoms with E-state index in [9.17, 15) is 13.2 Å². The molecule has 28 heavy (non-hydrogen) atoms. The maximum absolute atomic E-state index is 12.6. The van der Waals surface area contributed by atoms with Gasteiger partial charge in [-0.3, -0.25) is 9.10 Å². The molecular weight excluding hydrogens is 376 g/mol. The van der Waals surface area contributed by atoms with Gasteiger partial charge in [-0.15, -0.1) is 0 Å². The predicted molar refractivity (Wildman–Crippen MR) is 112 cm³/mol. The number of sulfonamides is 1. The van der Waals surface area contributed by atoms with Crippen molar-refractivity contribution in [1.29, 1.82) is 0 Å². The molecule has 7 heteroatoms. The van der Waals surface area contributed by atoms with Crippen molar-refractivity contribution >= 4 is 21.6 Å². The van der Waals surface area contributed by atoms with Crippen LogP contribution in [0.3, 0.4) is 0 Å². The minimum atomic E-state index is -3.62. The molecule has 0 aliphatic carbocycles. The standard InChI is InChI=1S/C21H28N2O4S/c1-5-20(17-9-7-6-8-10-17)22-21(24)15-23(28(4,25)26)18-11-13-19(14-12-18)27-16(2)3/h6-14,16,20H,5,15H2,1-4H3,(H,22,24). The van der Waals surface area contributed by atoms with Crippen molar-refractivity contribution < 1.29 is 17.9 Å². The predicted octanol–water partition coefficient (Wildman–Crippen LogP) is 3.51. The Morgan fingerprint density at radius 3 is 2.18 bits per heavy atom. The third-order valence-corrected chi connectivity index (χ3v) is 5.27. The summed E-state index contributed by atoms with van der Waals surface area (Å²) in [5, 5.41) is 2.92. The van der Waals surface area contributed by atoms with E-state index in [-0.39, 0.29) is 24.6 Å². The van der Waals surface area contributed by atoms with Crippen molar-refractivity contribution in [2.75, 3.05) is 17.1 Å². The van der Waals surface area contributed by atoms with Crippen molar-refractivity contribution in [2.45, 2.75) is 39.3 Å². The third kappa shape index (κ3) is 6.27. The number of ether oxygens (including phenoxy) is 1. The van der Waals surface area contributed by atoms with Gasteiger partial charge in [-0.05, 0) is 50.1 Å². The highest BCUT2D eigenvalue weighted by Crippen LogP contribution is 2.22. The molecular formula is C21H28N2O4S. The second kappa shape index (κ2) is 9.59. The van der Waals surface area contributed by atoms with Gasteiger partial charge < -0.3 is 10.1 Å². The Kier molecular flexibility index (Phi) is 7.45. The SMILES string of the molecule is CCC(NC(=O)CN(c1ccc(OC(C)C)cc1)S(C)(=O)=O)c1ccccc1.